The zero-order valence-corrected chi connectivity index (χ0v) is 17.5. The van der Waals surface area contributed by atoms with Gasteiger partial charge in [0, 0.05) is 10.7 Å². The van der Waals surface area contributed by atoms with Crippen LogP contribution in [0.25, 0.3) is 0 Å². The Kier molecular flexibility index (Phi) is 4.38. The zero-order chi connectivity index (χ0) is 19.4. The maximum Gasteiger partial charge on any atom is 0.312 e. The lowest BCUT2D eigenvalue weighted by Gasteiger charge is -2.58. The molecule has 4 atom stereocenters. The Labute approximate surface area is 173 Å². The van der Waals surface area contributed by atoms with Gasteiger partial charge in [-0.1, -0.05) is 46.3 Å². The summed E-state index contributed by atoms with van der Waals surface area (Å²) in [5, 5.41) is 5.89. The van der Waals surface area contributed by atoms with Gasteiger partial charge in [0.25, 0.3) is 5.91 Å². The van der Waals surface area contributed by atoms with Gasteiger partial charge < -0.3 is 4.74 Å². The van der Waals surface area contributed by atoms with Crippen LogP contribution >= 0.6 is 15.9 Å². The molecule has 0 N–H and O–H groups in total. The molecule has 6 rings (SSSR count). The van der Waals surface area contributed by atoms with Crippen LogP contribution in [0.15, 0.2) is 35.4 Å². The molecule has 28 heavy (non-hydrogen) atoms. The molecule has 1 aliphatic heterocycles. The van der Waals surface area contributed by atoms with Crippen LogP contribution < -0.4 is 0 Å². The number of amides is 1. The highest BCUT2D eigenvalue weighted by molar-refractivity contribution is 9.10. The standard InChI is InChI=1S/C22H25BrN2O3/c23-22-11-15-8-16(12-22)10-21(9-15,14-22)20(27)28-13-19(26)25-7-6-18(24-25)17-4-2-1-3-5-17/h1-5,15-16H,6-14H2/t15-,16+,21?,22?. The third-order valence-electron chi connectivity index (χ3n) is 6.95. The number of ether oxygens (including phenoxy) is 1. The number of hydrogen-bond acceptors (Lipinski definition) is 4. The fourth-order valence-electron chi connectivity index (χ4n) is 6.22. The molecule has 0 spiro atoms. The third-order valence-corrected chi connectivity index (χ3v) is 7.87. The number of carbonyl (C=O) groups is 2. The van der Waals surface area contributed by atoms with E-state index in [0.29, 0.717) is 18.4 Å². The van der Waals surface area contributed by atoms with Gasteiger partial charge in [0.1, 0.15) is 0 Å². The van der Waals surface area contributed by atoms with Crippen molar-refractivity contribution in [1.29, 1.82) is 0 Å². The van der Waals surface area contributed by atoms with E-state index in [1.165, 1.54) is 24.3 Å². The number of halogens is 1. The maximum absolute atomic E-state index is 13.0. The van der Waals surface area contributed by atoms with Gasteiger partial charge >= 0.3 is 5.97 Å². The van der Waals surface area contributed by atoms with Crippen molar-refractivity contribution in [3.8, 4) is 0 Å². The number of hydrazone groups is 1. The predicted octanol–water partition coefficient (Wildman–Crippen LogP) is 3.90. The summed E-state index contributed by atoms with van der Waals surface area (Å²) in [4.78, 5) is 25.5. The summed E-state index contributed by atoms with van der Waals surface area (Å²) >= 11 is 3.92. The van der Waals surface area contributed by atoms with Gasteiger partial charge in [0.15, 0.2) is 6.61 Å². The minimum absolute atomic E-state index is 0.101. The average Bonchev–Trinajstić information content (AvgIpc) is 3.15. The van der Waals surface area contributed by atoms with E-state index in [0.717, 1.165) is 37.0 Å². The molecule has 4 fully saturated rings. The summed E-state index contributed by atoms with van der Waals surface area (Å²) in [5.41, 5.74) is 1.55. The summed E-state index contributed by atoms with van der Waals surface area (Å²) in [5.74, 6) is 0.809. The van der Waals surface area contributed by atoms with Gasteiger partial charge in [-0.05, 0) is 55.9 Å². The van der Waals surface area contributed by atoms with Crippen molar-refractivity contribution < 1.29 is 14.3 Å². The van der Waals surface area contributed by atoms with Crippen molar-refractivity contribution >= 4 is 33.5 Å². The molecule has 5 aliphatic rings. The molecule has 4 bridgehead atoms. The molecule has 0 aromatic heterocycles. The van der Waals surface area contributed by atoms with E-state index in [1.54, 1.807) is 0 Å². The van der Waals surface area contributed by atoms with Gasteiger partial charge in [-0.3, -0.25) is 9.59 Å². The van der Waals surface area contributed by atoms with Crippen LogP contribution in [0.5, 0.6) is 0 Å². The number of rotatable bonds is 4. The van der Waals surface area contributed by atoms with Crippen LogP contribution in [0.1, 0.15) is 50.5 Å². The monoisotopic (exact) mass is 444 g/mol. The first-order chi connectivity index (χ1) is 13.4. The molecule has 0 saturated heterocycles. The number of alkyl halides is 1. The molecule has 0 radical (unpaired) electrons. The van der Waals surface area contributed by atoms with E-state index in [4.69, 9.17) is 4.74 Å². The summed E-state index contributed by atoms with van der Waals surface area (Å²) < 4.78 is 5.67. The number of esters is 1. The lowest BCUT2D eigenvalue weighted by molar-refractivity contribution is -0.172. The second kappa shape index (κ2) is 6.68. The highest BCUT2D eigenvalue weighted by atomic mass is 79.9. The summed E-state index contributed by atoms with van der Waals surface area (Å²) in [6.45, 7) is 0.331. The fourth-order valence-corrected chi connectivity index (χ4v) is 7.67. The lowest BCUT2D eigenvalue weighted by Crippen LogP contribution is -2.56. The molecule has 1 heterocycles. The number of carbonyl (C=O) groups excluding carboxylic acids is 2. The fraction of sp³-hybridized carbons (Fsp3) is 0.591. The highest BCUT2D eigenvalue weighted by Gasteiger charge is 2.60. The Balaban J connectivity index is 1.22. The molecule has 1 aromatic rings. The Morgan fingerprint density at radius 2 is 1.86 bits per heavy atom. The zero-order valence-electron chi connectivity index (χ0n) is 15.9. The minimum atomic E-state index is -0.392. The Morgan fingerprint density at radius 1 is 1.14 bits per heavy atom. The quantitative estimate of drug-likeness (QED) is 0.522. The van der Waals surface area contributed by atoms with Crippen molar-refractivity contribution in [3.63, 3.8) is 0 Å². The molecule has 4 saturated carbocycles. The summed E-state index contributed by atoms with van der Waals surface area (Å²) in [6.07, 6.45) is 6.99. The van der Waals surface area contributed by atoms with Gasteiger partial charge in [-0.15, -0.1) is 0 Å². The van der Waals surface area contributed by atoms with Gasteiger partial charge in [-0.25, -0.2) is 5.01 Å². The second-order valence-corrected chi connectivity index (χ2v) is 10.8. The van der Waals surface area contributed by atoms with E-state index in [-0.39, 0.29) is 22.8 Å². The molecule has 6 heteroatoms. The largest absolute Gasteiger partial charge is 0.455 e. The van der Waals surface area contributed by atoms with E-state index in [1.807, 2.05) is 30.3 Å². The van der Waals surface area contributed by atoms with Crippen molar-refractivity contribution in [2.24, 2.45) is 22.4 Å². The Bertz CT molecular complexity index is 823. The number of nitrogens with zero attached hydrogens (tertiary/aromatic N) is 2. The van der Waals surface area contributed by atoms with E-state index in [9.17, 15) is 9.59 Å². The molecule has 1 aromatic carbocycles. The average molecular weight is 445 g/mol. The first-order valence-corrected chi connectivity index (χ1v) is 11.0. The van der Waals surface area contributed by atoms with Crippen LogP contribution in [-0.2, 0) is 14.3 Å². The normalized spacial score (nSPS) is 35.8. The number of hydrogen-bond donors (Lipinski definition) is 0. The first kappa shape index (κ1) is 18.3. The Morgan fingerprint density at radius 3 is 2.54 bits per heavy atom. The third kappa shape index (κ3) is 3.19. The predicted molar refractivity (Wildman–Crippen MR) is 109 cm³/mol. The van der Waals surface area contributed by atoms with E-state index < -0.39 is 5.41 Å². The molecular formula is C22H25BrN2O3. The van der Waals surface area contributed by atoms with Crippen LogP contribution in [0.2, 0.25) is 0 Å². The molecular weight excluding hydrogens is 420 g/mol. The van der Waals surface area contributed by atoms with E-state index in [2.05, 4.69) is 21.0 Å². The van der Waals surface area contributed by atoms with Crippen LogP contribution in [0, 0.1) is 17.3 Å². The van der Waals surface area contributed by atoms with E-state index >= 15 is 0 Å². The van der Waals surface area contributed by atoms with Crippen molar-refractivity contribution in [1.82, 2.24) is 5.01 Å². The SMILES string of the molecule is O=C(COC(=O)C12C[C@@H]3C[C@@H](CC(Br)(C3)C1)C2)N1CCC(c2ccccc2)=N1. The maximum atomic E-state index is 13.0. The van der Waals surface area contributed by atoms with Crippen LogP contribution in [-0.4, -0.2) is 40.1 Å². The molecule has 5 nitrogen and oxygen atoms in total. The highest BCUT2D eigenvalue weighted by Crippen LogP contribution is 2.64. The van der Waals surface area contributed by atoms with Gasteiger partial charge in [0.2, 0.25) is 0 Å². The Hall–Kier alpha value is -1.69. The van der Waals surface area contributed by atoms with Gasteiger partial charge in [-0.2, -0.15) is 5.10 Å². The van der Waals surface area contributed by atoms with Crippen molar-refractivity contribution in [2.75, 3.05) is 13.2 Å². The summed E-state index contributed by atoms with van der Waals surface area (Å²) in [6, 6.07) is 9.88. The van der Waals surface area contributed by atoms with Crippen molar-refractivity contribution in [2.45, 2.75) is 49.3 Å². The first-order valence-electron chi connectivity index (χ1n) is 10.2. The second-order valence-electron chi connectivity index (χ2n) is 9.15. The van der Waals surface area contributed by atoms with Crippen molar-refractivity contribution in [3.05, 3.63) is 35.9 Å². The smallest absolute Gasteiger partial charge is 0.312 e. The van der Waals surface area contributed by atoms with Crippen LogP contribution in [0.4, 0.5) is 0 Å². The molecule has 1 amide bonds. The lowest BCUT2D eigenvalue weighted by atomic mass is 9.49. The molecule has 148 valence electrons. The molecule has 2 unspecified atom stereocenters. The minimum Gasteiger partial charge on any atom is -0.455 e. The molecule has 4 aliphatic carbocycles. The summed E-state index contributed by atoms with van der Waals surface area (Å²) in [7, 11) is 0. The number of benzene rings is 1. The topological polar surface area (TPSA) is 59.0 Å². The van der Waals surface area contributed by atoms with Gasteiger partial charge in [0.05, 0.1) is 17.7 Å². The van der Waals surface area contributed by atoms with Crippen LogP contribution in [0.3, 0.4) is 0 Å².